The molecule has 0 radical (unpaired) electrons. The molecule has 1 aromatic heterocycles. The van der Waals surface area contributed by atoms with E-state index in [4.69, 9.17) is 14.0 Å². The summed E-state index contributed by atoms with van der Waals surface area (Å²) < 4.78 is 16.7. The molecule has 0 saturated carbocycles. The van der Waals surface area contributed by atoms with Crippen LogP contribution in [0.1, 0.15) is 25.2 Å². The van der Waals surface area contributed by atoms with Gasteiger partial charge in [0.15, 0.2) is 0 Å². The molecule has 1 atom stereocenters. The molecule has 1 aliphatic rings. The topological polar surface area (TPSA) is 68.0 Å². The van der Waals surface area contributed by atoms with E-state index < -0.39 is 0 Å². The third kappa shape index (κ3) is 5.30. The van der Waals surface area contributed by atoms with Crippen LogP contribution in [-0.2, 0) is 20.8 Å². The molecule has 2 heterocycles. The molecule has 130 valence electrons. The number of ether oxygens (including phenoxy) is 2. The Morgan fingerprint density at radius 3 is 2.87 bits per heavy atom. The predicted molar refractivity (Wildman–Crippen MR) is 85.0 cm³/mol. The molecule has 23 heavy (non-hydrogen) atoms. The number of nitrogens with zero attached hydrogens (tertiary/aromatic N) is 3. The Labute approximate surface area is 137 Å². The highest BCUT2D eigenvalue weighted by molar-refractivity contribution is 5.76. The minimum absolute atomic E-state index is 0.0444. The zero-order valence-corrected chi connectivity index (χ0v) is 14.7. The maximum absolute atomic E-state index is 11.6. The molecular formula is C16H27N3O4. The Kier molecular flexibility index (Phi) is 5.78. The van der Waals surface area contributed by atoms with Crippen LogP contribution in [0.2, 0.25) is 0 Å². The second-order valence-electron chi connectivity index (χ2n) is 6.88. The molecular weight excluding hydrogens is 298 g/mol. The van der Waals surface area contributed by atoms with E-state index in [2.05, 4.69) is 23.9 Å². The van der Waals surface area contributed by atoms with Gasteiger partial charge in [-0.2, -0.15) is 0 Å². The number of rotatable bonds is 6. The lowest BCUT2D eigenvalue weighted by Crippen LogP contribution is -2.53. The fourth-order valence-electron chi connectivity index (χ4n) is 2.74. The van der Waals surface area contributed by atoms with Crippen LogP contribution in [0.4, 0.5) is 0 Å². The molecule has 0 unspecified atom stereocenters. The summed E-state index contributed by atoms with van der Waals surface area (Å²) in [6, 6.07) is 0. The van der Waals surface area contributed by atoms with Crippen molar-refractivity contribution in [2.75, 3.05) is 40.4 Å². The Morgan fingerprint density at radius 2 is 2.26 bits per heavy atom. The fourth-order valence-corrected chi connectivity index (χ4v) is 2.74. The number of amides is 1. The van der Waals surface area contributed by atoms with E-state index in [1.54, 1.807) is 20.3 Å². The SMILES string of the molecule is Cc1oncc1CN1C[C@H](COCC(=O)N(C)C)OC(C)(C)C1. The average molecular weight is 325 g/mol. The van der Waals surface area contributed by atoms with Crippen LogP contribution < -0.4 is 0 Å². The maximum atomic E-state index is 11.6. The zero-order valence-electron chi connectivity index (χ0n) is 14.7. The van der Waals surface area contributed by atoms with Crippen molar-refractivity contribution in [3.8, 4) is 0 Å². The number of aryl methyl sites for hydroxylation is 1. The van der Waals surface area contributed by atoms with Gasteiger partial charge in [0.2, 0.25) is 5.91 Å². The lowest BCUT2D eigenvalue weighted by molar-refractivity contribution is -0.161. The van der Waals surface area contributed by atoms with Crippen molar-refractivity contribution in [3.05, 3.63) is 17.5 Å². The standard InChI is InChI=1S/C16H27N3O4/c1-12-13(6-17-23-12)7-19-8-14(22-16(2,3)11-19)9-21-10-15(20)18(4)5/h6,14H,7-11H2,1-5H3/t14-/m1/s1. The largest absolute Gasteiger partial charge is 0.369 e. The first-order chi connectivity index (χ1) is 10.8. The fraction of sp³-hybridized carbons (Fsp3) is 0.750. The predicted octanol–water partition coefficient (Wildman–Crippen LogP) is 1.07. The number of morpholine rings is 1. The lowest BCUT2D eigenvalue weighted by atomic mass is 10.0. The summed E-state index contributed by atoms with van der Waals surface area (Å²) in [7, 11) is 3.43. The normalized spacial score (nSPS) is 21.3. The molecule has 1 saturated heterocycles. The van der Waals surface area contributed by atoms with Gasteiger partial charge in [0, 0.05) is 39.3 Å². The Bertz CT molecular complexity index is 527. The first-order valence-corrected chi connectivity index (χ1v) is 7.85. The molecule has 0 aromatic carbocycles. The minimum Gasteiger partial charge on any atom is -0.369 e. The zero-order chi connectivity index (χ0) is 17.0. The van der Waals surface area contributed by atoms with E-state index in [-0.39, 0.29) is 24.2 Å². The van der Waals surface area contributed by atoms with Gasteiger partial charge in [-0.25, -0.2) is 0 Å². The van der Waals surface area contributed by atoms with E-state index in [0.717, 1.165) is 31.0 Å². The number of hydrogen-bond acceptors (Lipinski definition) is 6. The molecule has 1 aromatic rings. The number of aromatic nitrogens is 1. The van der Waals surface area contributed by atoms with Crippen LogP contribution in [0.15, 0.2) is 10.7 Å². The number of carbonyl (C=O) groups is 1. The summed E-state index contributed by atoms with van der Waals surface area (Å²) in [4.78, 5) is 15.4. The third-order valence-corrected chi connectivity index (χ3v) is 3.82. The van der Waals surface area contributed by atoms with Gasteiger partial charge in [-0.3, -0.25) is 9.69 Å². The van der Waals surface area contributed by atoms with Crippen LogP contribution in [0.3, 0.4) is 0 Å². The Balaban J connectivity index is 1.88. The Morgan fingerprint density at radius 1 is 1.52 bits per heavy atom. The quantitative estimate of drug-likeness (QED) is 0.779. The summed E-state index contributed by atoms with van der Waals surface area (Å²) >= 11 is 0. The molecule has 2 rings (SSSR count). The van der Waals surface area contributed by atoms with Gasteiger partial charge in [-0.1, -0.05) is 5.16 Å². The highest BCUT2D eigenvalue weighted by Gasteiger charge is 2.33. The highest BCUT2D eigenvalue weighted by atomic mass is 16.6. The van der Waals surface area contributed by atoms with E-state index in [1.807, 2.05) is 6.92 Å². The first-order valence-electron chi connectivity index (χ1n) is 7.85. The second-order valence-corrected chi connectivity index (χ2v) is 6.88. The van der Waals surface area contributed by atoms with Gasteiger partial charge in [-0.05, 0) is 20.8 Å². The van der Waals surface area contributed by atoms with Gasteiger partial charge in [0.25, 0.3) is 0 Å². The highest BCUT2D eigenvalue weighted by Crippen LogP contribution is 2.23. The Hall–Kier alpha value is -1.44. The van der Waals surface area contributed by atoms with Gasteiger partial charge in [0.1, 0.15) is 12.4 Å². The summed E-state index contributed by atoms with van der Waals surface area (Å²) in [5.74, 6) is 0.802. The average Bonchev–Trinajstić information content (AvgIpc) is 2.82. The van der Waals surface area contributed by atoms with Crippen molar-refractivity contribution in [2.24, 2.45) is 0 Å². The van der Waals surface area contributed by atoms with Crippen LogP contribution in [0, 0.1) is 6.92 Å². The molecule has 0 spiro atoms. The van der Waals surface area contributed by atoms with Crippen molar-refractivity contribution in [2.45, 2.75) is 39.0 Å². The van der Waals surface area contributed by atoms with Gasteiger partial charge in [-0.15, -0.1) is 0 Å². The first kappa shape index (κ1) is 17.9. The van der Waals surface area contributed by atoms with Crippen LogP contribution in [0.5, 0.6) is 0 Å². The van der Waals surface area contributed by atoms with Crippen molar-refractivity contribution in [1.82, 2.24) is 15.0 Å². The van der Waals surface area contributed by atoms with Crippen LogP contribution in [0.25, 0.3) is 0 Å². The molecule has 1 fully saturated rings. The van der Waals surface area contributed by atoms with Gasteiger partial charge < -0.3 is 18.9 Å². The van der Waals surface area contributed by atoms with Gasteiger partial charge >= 0.3 is 0 Å². The van der Waals surface area contributed by atoms with Crippen molar-refractivity contribution < 1.29 is 18.8 Å². The molecule has 0 bridgehead atoms. The van der Waals surface area contributed by atoms with Crippen LogP contribution >= 0.6 is 0 Å². The molecule has 7 heteroatoms. The van der Waals surface area contributed by atoms with Crippen molar-refractivity contribution >= 4 is 5.91 Å². The summed E-state index contributed by atoms with van der Waals surface area (Å²) in [6.45, 7) is 8.89. The van der Waals surface area contributed by atoms with E-state index in [0.29, 0.717) is 6.61 Å². The smallest absolute Gasteiger partial charge is 0.248 e. The van der Waals surface area contributed by atoms with Gasteiger partial charge in [0.05, 0.1) is 24.5 Å². The summed E-state index contributed by atoms with van der Waals surface area (Å²) in [6.07, 6.45) is 1.70. The monoisotopic (exact) mass is 325 g/mol. The molecule has 1 aliphatic heterocycles. The molecule has 1 amide bonds. The third-order valence-electron chi connectivity index (χ3n) is 3.82. The second kappa shape index (κ2) is 7.42. The van der Waals surface area contributed by atoms with Crippen LogP contribution in [-0.4, -0.2) is 73.0 Å². The molecule has 0 N–H and O–H groups in total. The van der Waals surface area contributed by atoms with Crippen molar-refractivity contribution in [3.63, 3.8) is 0 Å². The van der Waals surface area contributed by atoms with E-state index in [9.17, 15) is 4.79 Å². The minimum atomic E-state index is -0.261. The molecule has 7 nitrogen and oxygen atoms in total. The van der Waals surface area contributed by atoms with E-state index >= 15 is 0 Å². The molecule has 0 aliphatic carbocycles. The number of carbonyl (C=O) groups excluding carboxylic acids is 1. The van der Waals surface area contributed by atoms with Crippen molar-refractivity contribution in [1.29, 1.82) is 0 Å². The number of likely N-dealkylation sites (N-methyl/N-ethyl adjacent to an activating group) is 1. The number of hydrogen-bond donors (Lipinski definition) is 0. The summed E-state index contributed by atoms with van der Waals surface area (Å²) in [5.41, 5.74) is 0.827. The maximum Gasteiger partial charge on any atom is 0.248 e. The lowest BCUT2D eigenvalue weighted by Gasteiger charge is -2.42. The summed E-state index contributed by atoms with van der Waals surface area (Å²) in [5, 5.41) is 3.83. The van der Waals surface area contributed by atoms with E-state index in [1.165, 1.54) is 4.90 Å².